The van der Waals surface area contributed by atoms with Crippen LogP contribution in [-0.4, -0.2) is 169 Å². The summed E-state index contributed by atoms with van der Waals surface area (Å²) in [7, 11) is 6.43. The molecule has 82 heavy (non-hydrogen) atoms. The summed E-state index contributed by atoms with van der Waals surface area (Å²) < 4.78 is 83.8. The maximum atomic E-state index is 12.8. The van der Waals surface area contributed by atoms with E-state index in [9.17, 15) is 10.2 Å². The van der Waals surface area contributed by atoms with E-state index in [1.165, 1.54) is 0 Å². The van der Waals surface area contributed by atoms with Crippen LogP contribution in [0.3, 0.4) is 0 Å². The van der Waals surface area contributed by atoms with Crippen LogP contribution in [0.1, 0.15) is 33.4 Å². The summed E-state index contributed by atoms with van der Waals surface area (Å²) in [5, 5.41) is 25.6. The summed E-state index contributed by atoms with van der Waals surface area (Å²) in [5.74, 6) is 7.44. The Morgan fingerprint density at radius 3 is 0.841 bits per heavy atom. The summed E-state index contributed by atoms with van der Waals surface area (Å²) in [4.78, 5) is 0. The number of benzene rings is 6. The van der Waals surface area contributed by atoms with Gasteiger partial charge < -0.3 is 76.5 Å². The second-order valence-electron chi connectivity index (χ2n) is 18.4. The van der Waals surface area contributed by atoms with Gasteiger partial charge in [-0.05, 0) is 81.9 Å². The van der Waals surface area contributed by atoms with Crippen molar-refractivity contribution in [3.05, 3.63) is 191 Å². The molecule has 0 aliphatic rings. The van der Waals surface area contributed by atoms with Crippen molar-refractivity contribution in [3.8, 4) is 47.7 Å². The van der Waals surface area contributed by atoms with Crippen LogP contribution in [0, 0.1) is 24.7 Å². The second kappa shape index (κ2) is 35.9. The summed E-state index contributed by atoms with van der Waals surface area (Å²) in [6.45, 7) is 2.60. The lowest BCUT2D eigenvalue weighted by atomic mass is 9.79. The van der Waals surface area contributed by atoms with Crippen LogP contribution >= 0.6 is 0 Å². The molecule has 0 amide bonds. The molecular weight excluding hydrogens is 1050 g/mol. The van der Waals surface area contributed by atoms with E-state index in [0.29, 0.717) is 62.6 Å². The molecule has 0 radical (unpaired) electrons. The van der Waals surface area contributed by atoms with E-state index in [-0.39, 0.29) is 66.1 Å². The molecule has 0 aliphatic carbocycles. The van der Waals surface area contributed by atoms with Crippen LogP contribution in [0.2, 0.25) is 0 Å². The van der Waals surface area contributed by atoms with Gasteiger partial charge >= 0.3 is 0 Å². The van der Waals surface area contributed by atoms with Gasteiger partial charge in [0, 0.05) is 0 Å². The van der Waals surface area contributed by atoms with Crippen molar-refractivity contribution in [3.63, 3.8) is 0 Å². The van der Waals surface area contributed by atoms with Crippen LogP contribution in [0.15, 0.2) is 158 Å². The maximum absolute atomic E-state index is 12.8. The molecule has 0 spiro atoms. The first-order chi connectivity index (χ1) is 40.3. The molecule has 4 atom stereocenters. The molecule has 2 N–H and O–H groups in total. The normalized spacial score (nSPS) is 13.1. The minimum atomic E-state index is -1.67. The predicted octanol–water partition coefficient (Wildman–Crippen LogP) is 7.90. The van der Waals surface area contributed by atoms with Gasteiger partial charge in [0.25, 0.3) is 0 Å². The third-order valence-electron chi connectivity index (χ3n) is 13.4. The molecule has 6 aromatic rings. The van der Waals surface area contributed by atoms with Crippen LogP contribution in [-0.2, 0) is 58.6 Å². The lowest BCUT2D eigenvalue weighted by molar-refractivity contribution is -0.181. The van der Waals surface area contributed by atoms with E-state index in [4.69, 9.17) is 79.2 Å². The summed E-state index contributed by atoms with van der Waals surface area (Å²) in [5.41, 5.74) is 1.92. The fourth-order valence-electron chi connectivity index (χ4n) is 9.15. The molecule has 6 rings (SSSR count). The molecular formula is C66H78O16. The van der Waals surface area contributed by atoms with Crippen molar-refractivity contribution in [2.45, 2.75) is 35.6 Å². The molecule has 0 heterocycles. The molecule has 0 bridgehead atoms. The quantitative estimate of drug-likeness (QED) is 0.0216. The lowest BCUT2D eigenvalue weighted by Crippen LogP contribution is -2.52. The number of ether oxygens (including phenoxy) is 14. The highest BCUT2D eigenvalue weighted by atomic mass is 16.6. The highest BCUT2D eigenvalue weighted by molar-refractivity contribution is 5.51. The lowest BCUT2D eigenvalue weighted by Gasteiger charge is -2.40. The van der Waals surface area contributed by atoms with Crippen molar-refractivity contribution in [1.82, 2.24) is 0 Å². The second-order valence-corrected chi connectivity index (χ2v) is 18.4. The van der Waals surface area contributed by atoms with Gasteiger partial charge in [-0.25, -0.2) is 0 Å². The molecule has 438 valence electrons. The Morgan fingerprint density at radius 2 is 0.585 bits per heavy atom. The van der Waals surface area contributed by atoms with E-state index in [0.717, 1.165) is 33.4 Å². The van der Waals surface area contributed by atoms with Gasteiger partial charge in [-0.3, -0.25) is 0 Å². The third kappa shape index (κ3) is 18.6. The Balaban J connectivity index is 1.36. The minimum absolute atomic E-state index is 0.00742. The zero-order chi connectivity index (χ0) is 58.1. The largest absolute Gasteiger partial charge is 0.497 e. The number of hydrogen-bond donors (Lipinski definition) is 2. The van der Waals surface area contributed by atoms with Gasteiger partial charge in [0.05, 0.1) is 121 Å². The fourth-order valence-corrected chi connectivity index (χ4v) is 9.15. The number of hydrogen-bond acceptors (Lipinski definition) is 16. The summed E-state index contributed by atoms with van der Waals surface area (Å²) in [6, 6.07) is 49.9. The van der Waals surface area contributed by atoms with Crippen molar-refractivity contribution in [2.24, 2.45) is 0 Å². The van der Waals surface area contributed by atoms with Crippen molar-refractivity contribution in [1.29, 1.82) is 0 Å². The number of methoxy groups -OCH3 is 4. The smallest absolute Gasteiger partial charge is 0.143 e. The van der Waals surface area contributed by atoms with Crippen LogP contribution in [0.5, 0.6) is 23.0 Å². The number of aliphatic hydroxyl groups is 2. The molecule has 16 heteroatoms. The molecule has 16 nitrogen and oxygen atoms in total. The van der Waals surface area contributed by atoms with E-state index in [2.05, 4.69) is 11.8 Å². The number of rotatable bonds is 41. The Bertz CT molecular complexity index is 2440. The van der Waals surface area contributed by atoms with Crippen LogP contribution in [0.4, 0.5) is 0 Å². The summed E-state index contributed by atoms with van der Waals surface area (Å²) >= 11 is 0. The highest BCUT2D eigenvalue weighted by Gasteiger charge is 2.43. The van der Waals surface area contributed by atoms with Gasteiger partial charge in [-0.2, -0.15) is 0 Å². The zero-order valence-electron chi connectivity index (χ0n) is 47.4. The first-order valence-corrected chi connectivity index (χ1v) is 27.2. The average Bonchev–Trinajstić information content (AvgIpc) is 2.34. The van der Waals surface area contributed by atoms with Gasteiger partial charge in [-0.15, -0.1) is 12.8 Å². The molecule has 0 saturated heterocycles. The molecule has 4 unspecified atom stereocenters. The number of terminal acetylenes is 2. The summed E-state index contributed by atoms with van der Waals surface area (Å²) in [6.07, 6.45) is 4.80. The molecule has 6 aromatic carbocycles. The Kier molecular flexibility index (Phi) is 28.2. The maximum Gasteiger partial charge on any atom is 0.143 e. The number of aliphatic hydroxyl groups excluding tert-OH is 2. The van der Waals surface area contributed by atoms with Crippen LogP contribution in [0.25, 0.3) is 0 Å². The first-order valence-electron chi connectivity index (χ1n) is 27.2. The third-order valence-corrected chi connectivity index (χ3v) is 13.4. The van der Waals surface area contributed by atoms with Gasteiger partial charge in [0.1, 0.15) is 71.8 Å². The monoisotopic (exact) mass is 1130 g/mol. The van der Waals surface area contributed by atoms with Crippen molar-refractivity contribution < 1.29 is 76.5 Å². The first kappa shape index (κ1) is 64.3. The Hall–Kier alpha value is -6.84. The van der Waals surface area contributed by atoms with Gasteiger partial charge in [0.15, 0.2) is 0 Å². The zero-order valence-corrected chi connectivity index (χ0v) is 47.4. The Morgan fingerprint density at radius 1 is 0.341 bits per heavy atom. The molecule has 0 aromatic heterocycles. The SMILES string of the molecule is C#CCOCCOCCOCCOC(COC(c1ccccc1)(c1ccc(OC)cc1)c1ccc(OC)cc1)C(O)C(O)C(COC(c1ccccc1)(c1ccc(OC)cc1)c1ccc(OC)cc1)OCCOCCOCCOCC#C. The average molecular weight is 1130 g/mol. The van der Waals surface area contributed by atoms with Crippen molar-refractivity contribution in [2.75, 3.05) is 134 Å². The van der Waals surface area contributed by atoms with E-state index in [1.807, 2.05) is 158 Å². The molecule has 0 fully saturated rings. The van der Waals surface area contributed by atoms with Gasteiger partial charge in [-0.1, -0.05) is 121 Å². The Labute approximate surface area is 483 Å². The van der Waals surface area contributed by atoms with Crippen molar-refractivity contribution >= 4 is 0 Å². The van der Waals surface area contributed by atoms with E-state index in [1.54, 1.807) is 28.4 Å². The fraction of sp³-hybridized carbons (Fsp3) is 0.394. The van der Waals surface area contributed by atoms with Crippen LogP contribution < -0.4 is 18.9 Å². The topological polar surface area (TPSA) is 170 Å². The minimum Gasteiger partial charge on any atom is -0.497 e. The van der Waals surface area contributed by atoms with Gasteiger partial charge in [0.2, 0.25) is 0 Å². The molecule has 0 aliphatic heterocycles. The standard InChI is InChI=1S/C66H78O16/c1-7-35-73-37-39-75-41-43-77-45-47-79-61(49-81-65(51-15-11-9-12-16-51,53-19-27-57(69-3)28-20-53)54-21-29-58(70-4)30-22-54)63(67)64(68)62(80-48-46-78-44-42-76-40-38-74-36-8-2)50-82-66(52-17-13-10-14-18-52,55-23-31-59(71-5)32-24-55)56-25-33-60(72-6)34-26-56/h1-2,9-34,61-64,67-68H,35-50H2,3-6H3. The predicted molar refractivity (Wildman–Crippen MR) is 311 cm³/mol. The molecule has 0 saturated carbocycles. The van der Waals surface area contributed by atoms with E-state index < -0.39 is 35.6 Å². The van der Waals surface area contributed by atoms with E-state index >= 15 is 0 Å². The highest BCUT2D eigenvalue weighted by Crippen LogP contribution is 2.44.